The quantitative estimate of drug-likeness (QED) is 0.466. The van der Waals surface area contributed by atoms with Gasteiger partial charge in [-0.25, -0.2) is 0 Å². The largest absolute Gasteiger partial charge is 0.377 e. The third kappa shape index (κ3) is 6.59. The lowest BCUT2D eigenvalue weighted by Gasteiger charge is -2.19. The van der Waals surface area contributed by atoms with Crippen molar-refractivity contribution in [2.24, 2.45) is 5.41 Å². The fourth-order valence-corrected chi connectivity index (χ4v) is 0.740. The molecule has 0 saturated heterocycles. The minimum absolute atomic E-state index is 0.266. The standard InChI is InChI=1S/C12H22O/c1-6-7-9-13-10-8-11(2)12(3,4)5/h6,8H,1,7,9-10H2,2-5H3/b11-8+. The highest BCUT2D eigenvalue weighted by Gasteiger charge is 2.11. The van der Waals surface area contributed by atoms with Gasteiger partial charge in [-0.1, -0.05) is 38.5 Å². The van der Waals surface area contributed by atoms with E-state index in [4.69, 9.17) is 4.74 Å². The molecule has 0 bridgehead atoms. The molecule has 0 N–H and O–H groups in total. The number of hydrogen-bond acceptors (Lipinski definition) is 1. The minimum Gasteiger partial charge on any atom is -0.377 e. The summed E-state index contributed by atoms with van der Waals surface area (Å²) in [6.45, 7) is 13.9. The predicted molar refractivity (Wildman–Crippen MR) is 58.8 cm³/mol. The van der Waals surface area contributed by atoms with E-state index in [1.54, 1.807) is 0 Å². The van der Waals surface area contributed by atoms with Crippen molar-refractivity contribution in [1.82, 2.24) is 0 Å². The van der Waals surface area contributed by atoms with E-state index in [0.717, 1.165) is 19.6 Å². The molecule has 13 heavy (non-hydrogen) atoms. The Labute approximate surface area is 82.5 Å². The van der Waals surface area contributed by atoms with E-state index < -0.39 is 0 Å². The van der Waals surface area contributed by atoms with Crippen molar-refractivity contribution in [1.29, 1.82) is 0 Å². The molecule has 0 aliphatic heterocycles. The molecule has 0 radical (unpaired) electrons. The van der Waals surface area contributed by atoms with E-state index in [2.05, 4.69) is 40.3 Å². The summed E-state index contributed by atoms with van der Waals surface area (Å²) in [7, 11) is 0. The summed E-state index contributed by atoms with van der Waals surface area (Å²) in [6, 6.07) is 0. The van der Waals surface area contributed by atoms with Gasteiger partial charge in [-0.2, -0.15) is 0 Å². The zero-order chi connectivity index (χ0) is 10.3. The van der Waals surface area contributed by atoms with Gasteiger partial charge in [0, 0.05) is 0 Å². The van der Waals surface area contributed by atoms with E-state index in [1.165, 1.54) is 5.57 Å². The lowest BCUT2D eigenvalue weighted by Crippen LogP contribution is -2.07. The lowest BCUT2D eigenvalue weighted by atomic mass is 9.87. The van der Waals surface area contributed by atoms with Crippen molar-refractivity contribution in [2.45, 2.75) is 34.1 Å². The van der Waals surface area contributed by atoms with Gasteiger partial charge in [0.1, 0.15) is 0 Å². The van der Waals surface area contributed by atoms with E-state index >= 15 is 0 Å². The van der Waals surface area contributed by atoms with Gasteiger partial charge in [0.25, 0.3) is 0 Å². The second kappa shape index (κ2) is 5.98. The van der Waals surface area contributed by atoms with Crippen LogP contribution in [0.15, 0.2) is 24.3 Å². The second-order valence-corrected chi connectivity index (χ2v) is 4.29. The molecule has 0 unspecified atom stereocenters. The lowest BCUT2D eigenvalue weighted by molar-refractivity contribution is 0.166. The first kappa shape index (κ1) is 12.4. The summed E-state index contributed by atoms with van der Waals surface area (Å²) in [5.74, 6) is 0. The number of allylic oxidation sites excluding steroid dienone is 1. The third-order valence-electron chi connectivity index (χ3n) is 2.16. The fraction of sp³-hybridized carbons (Fsp3) is 0.667. The summed E-state index contributed by atoms with van der Waals surface area (Å²) in [6.07, 6.45) is 4.96. The molecule has 0 aromatic carbocycles. The Morgan fingerprint density at radius 3 is 2.46 bits per heavy atom. The first-order valence-corrected chi connectivity index (χ1v) is 4.84. The Kier molecular flexibility index (Phi) is 5.72. The monoisotopic (exact) mass is 182 g/mol. The van der Waals surface area contributed by atoms with Crippen LogP contribution in [-0.4, -0.2) is 13.2 Å². The first-order chi connectivity index (χ1) is 5.98. The summed E-state index contributed by atoms with van der Waals surface area (Å²) in [5.41, 5.74) is 1.65. The Bertz CT molecular complexity index is 172. The van der Waals surface area contributed by atoms with E-state index in [1.807, 2.05) is 6.08 Å². The first-order valence-electron chi connectivity index (χ1n) is 4.84. The smallest absolute Gasteiger partial charge is 0.0650 e. The van der Waals surface area contributed by atoms with Crippen molar-refractivity contribution < 1.29 is 4.74 Å². The molecule has 0 aliphatic rings. The van der Waals surface area contributed by atoms with Crippen LogP contribution in [0, 0.1) is 5.41 Å². The van der Waals surface area contributed by atoms with Gasteiger partial charge in [-0.15, -0.1) is 6.58 Å². The van der Waals surface area contributed by atoms with Crippen molar-refractivity contribution in [2.75, 3.05) is 13.2 Å². The Morgan fingerprint density at radius 2 is 2.00 bits per heavy atom. The average Bonchev–Trinajstić information content (AvgIpc) is 2.02. The highest BCUT2D eigenvalue weighted by molar-refractivity contribution is 5.07. The highest BCUT2D eigenvalue weighted by atomic mass is 16.5. The molecule has 0 aromatic heterocycles. The van der Waals surface area contributed by atoms with E-state index in [-0.39, 0.29) is 5.41 Å². The van der Waals surface area contributed by atoms with Gasteiger partial charge in [0.05, 0.1) is 13.2 Å². The molecule has 1 heteroatoms. The minimum atomic E-state index is 0.266. The number of rotatable bonds is 5. The summed E-state index contributed by atoms with van der Waals surface area (Å²) in [5, 5.41) is 0. The van der Waals surface area contributed by atoms with Crippen molar-refractivity contribution >= 4 is 0 Å². The molecule has 0 amide bonds. The van der Waals surface area contributed by atoms with Crippen LogP contribution < -0.4 is 0 Å². The molecule has 0 rings (SSSR count). The van der Waals surface area contributed by atoms with Crippen LogP contribution in [0.3, 0.4) is 0 Å². The van der Waals surface area contributed by atoms with Gasteiger partial charge in [0.2, 0.25) is 0 Å². The maximum Gasteiger partial charge on any atom is 0.0650 e. The summed E-state index contributed by atoms with van der Waals surface area (Å²) >= 11 is 0. The van der Waals surface area contributed by atoms with Crippen LogP contribution in [0.1, 0.15) is 34.1 Å². The third-order valence-corrected chi connectivity index (χ3v) is 2.16. The Morgan fingerprint density at radius 1 is 1.38 bits per heavy atom. The maximum atomic E-state index is 5.39. The van der Waals surface area contributed by atoms with Gasteiger partial charge < -0.3 is 4.74 Å². The highest BCUT2D eigenvalue weighted by Crippen LogP contribution is 2.23. The molecular formula is C12H22O. The zero-order valence-electron chi connectivity index (χ0n) is 9.39. The number of hydrogen-bond donors (Lipinski definition) is 0. The van der Waals surface area contributed by atoms with Gasteiger partial charge in [-0.3, -0.25) is 0 Å². The molecule has 0 fully saturated rings. The molecule has 0 saturated carbocycles. The Balaban J connectivity index is 3.66. The normalized spacial score (nSPS) is 13.1. The maximum absolute atomic E-state index is 5.39. The summed E-state index contributed by atoms with van der Waals surface area (Å²) in [4.78, 5) is 0. The van der Waals surface area contributed by atoms with E-state index in [9.17, 15) is 0 Å². The molecule has 0 atom stereocenters. The molecular weight excluding hydrogens is 160 g/mol. The topological polar surface area (TPSA) is 9.23 Å². The van der Waals surface area contributed by atoms with Crippen LogP contribution in [0.5, 0.6) is 0 Å². The molecule has 0 heterocycles. The fourth-order valence-electron chi connectivity index (χ4n) is 0.740. The Hall–Kier alpha value is -0.560. The van der Waals surface area contributed by atoms with Crippen molar-refractivity contribution in [3.8, 4) is 0 Å². The second-order valence-electron chi connectivity index (χ2n) is 4.29. The van der Waals surface area contributed by atoms with Crippen LogP contribution in [0.4, 0.5) is 0 Å². The molecule has 0 aromatic rings. The van der Waals surface area contributed by atoms with Crippen molar-refractivity contribution in [3.63, 3.8) is 0 Å². The van der Waals surface area contributed by atoms with Crippen LogP contribution in [0.2, 0.25) is 0 Å². The zero-order valence-corrected chi connectivity index (χ0v) is 9.39. The van der Waals surface area contributed by atoms with Crippen LogP contribution in [-0.2, 0) is 4.74 Å². The molecule has 1 nitrogen and oxygen atoms in total. The van der Waals surface area contributed by atoms with Crippen LogP contribution in [0.25, 0.3) is 0 Å². The van der Waals surface area contributed by atoms with Gasteiger partial charge in [0.15, 0.2) is 0 Å². The van der Waals surface area contributed by atoms with Gasteiger partial charge >= 0.3 is 0 Å². The SMILES string of the molecule is C=CCCOC/C=C(\C)C(C)(C)C. The molecule has 76 valence electrons. The molecule has 0 aliphatic carbocycles. The van der Waals surface area contributed by atoms with Gasteiger partial charge in [-0.05, 0) is 18.8 Å². The van der Waals surface area contributed by atoms with Crippen LogP contribution >= 0.6 is 0 Å². The molecule has 0 spiro atoms. The van der Waals surface area contributed by atoms with E-state index in [0.29, 0.717) is 0 Å². The average molecular weight is 182 g/mol. The summed E-state index contributed by atoms with van der Waals surface area (Å²) < 4.78 is 5.39. The predicted octanol–water partition coefficient (Wildman–Crippen LogP) is 3.57. The van der Waals surface area contributed by atoms with Crippen molar-refractivity contribution in [3.05, 3.63) is 24.3 Å². The number of ether oxygens (including phenoxy) is 1.